The summed E-state index contributed by atoms with van der Waals surface area (Å²) in [6, 6.07) is 5.63. The van der Waals surface area contributed by atoms with E-state index >= 15 is 0 Å². The lowest BCUT2D eigenvalue weighted by atomic mass is 9.80. The van der Waals surface area contributed by atoms with Crippen molar-refractivity contribution < 1.29 is 19.5 Å². The third-order valence-corrected chi connectivity index (χ3v) is 4.97. The van der Waals surface area contributed by atoms with E-state index in [1.54, 1.807) is 24.3 Å². The Hall–Kier alpha value is -2.08. The van der Waals surface area contributed by atoms with E-state index in [1.807, 2.05) is 13.8 Å². The molecule has 1 aliphatic rings. The number of carbonyl (C=O) groups excluding carboxylic acids is 2. The smallest absolute Gasteiger partial charge is 0.306 e. The van der Waals surface area contributed by atoms with Crippen LogP contribution in [0, 0.1) is 11.8 Å². The van der Waals surface area contributed by atoms with Gasteiger partial charge < -0.3 is 15.7 Å². The molecule has 3 N–H and O–H groups in total. The highest BCUT2D eigenvalue weighted by Gasteiger charge is 2.37. The number of benzene rings is 1. The molecule has 0 spiro atoms. The van der Waals surface area contributed by atoms with Crippen LogP contribution in [0.1, 0.15) is 43.5 Å². The van der Waals surface area contributed by atoms with Crippen LogP contribution in [-0.2, 0) is 9.59 Å². The van der Waals surface area contributed by atoms with E-state index in [-0.39, 0.29) is 23.8 Å². The average molecular weight is 367 g/mol. The van der Waals surface area contributed by atoms with Crippen LogP contribution in [0.3, 0.4) is 0 Å². The zero-order valence-corrected chi connectivity index (χ0v) is 15.0. The number of carboxylic acid groups (broad SMARTS) is 1. The van der Waals surface area contributed by atoms with Crippen molar-refractivity contribution >= 4 is 29.4 Å². The van der Waals surface area contributed by atoms with Gasteiger partial charge in [0.15, 0.2) is 0 Å². The SMILES string of the molecule is CCC(C)C(NC(=O)c1ccc(Cl)cc1)C(=O)NC1CC(C(=O)O)C1. The van der Waals surface area contributed by atoms with Crippen molar-refractivity contribution in [1.29, 1.82) is 0 Å². The number of nitrogens with one attached hydrogen (secondary N) is 2. The first-order valence-electron chi connectivity index (χ1n) is 8.41. The summed E-state index contributed by atoms with van der Waals surface area (Å²) in [7, 11) is 0. The molecule has 0 heterocycles. The number of carbonyl (C=O) groups is 3. The maximum atomic E-state index is 12.5. The second-order valence-corrected chi connectivity index (χ2v) is 6.99. The standard InChI is InChI=1S/C18H23ClN2O4/c1-3-10(2)15(17(23)20-14-8-12(9-14)18(24)25)21-16(22)11-4-6-13(19)7-5-11/h4-7,10,12,14-15H,3,8-9H2,1-2H3,(H,20,23)(H,21,22)(H,24,25). The van der Waals surface area contributed by atoms with Gasteiger partial charge in [-0.05, 0) is 43.0 Å². The number of amides is 2. The van der Waals surface area contributed by atoms with Gasteiger partial charge >= 0.3 is 5.97 Å². The van der Waals surface area contributed by atoms with Crippen LogP contribution >= 0.6 is 11.6 Å². The van der Waals surface area contributed by atoms with Crippen molar-refractivity contribution in [3.05, 3.63) is 34.9 Å². The second kappa shape index (κ2) is 8.34. The van der Waals surface area contributed by atoms with Crippen LogP contribution in [0.5, 0.6) is 0 Å². The Labute approximate surface area is 151 Å². The Bertz CT molecular complexity index is 641. The molecule has 0 saturated heterocycles. The van der Waals surface area contributed by atoms with Crippen LogP contribution in [0.25, 0.3) is 0 Å². The predicted molar refractivity (Wildman–Crippen MR) is 94.5 cm³/mol. The van der Waals surface area contributed by atoms with Gasteiger partial charge in [0.2, 0.25) is 5.91 Å². The van der Waals surface area contributed by atoms with Gasteiger partial charge in [-0.3, -0.25) is 14.4 Å². The molecule has 7 heteroatoms. The monoisotopic (exact) mass is 366 g/mol. The Kier molecular flexibility index (Phi) is 6.42. The molecule has 0 radical (unpaired) electrons. The lowest BCUT2D eigenvalue weighted by Gasteiger charge is -2.35. The molecular weight excluding hydrogens is 344 g/mol. The van der Waals surface area contributed by atoms with Gasteiger partial charge in [0.05, 0.1) is 5.92 Å². The zero-order chi connectivity index (χ0) is 18.6. The number of aliphatic carboxylic acids is 1. The van der Waals surface area contributed by atoms with Crippen molar-refractivity contribution in [2.24, 2.45) is 11.8 Å². The fraction of sp³-hybridized carbons (Fsp3) is 0.500. The summed E-state index contributed by atoms with van der Waals surface area (Å²) >= 11 is 5.82. The summed E-state index contributed by atoms with van der Waals surface area (Å²) in [6.07, 6.45) is 1.58. The van der Waals surface area contributed by atoms with Crippen LogP contribution in [0.15, 0.2) is 24.3 Å². The molecule has 2 rings (SSSR count). The van der Waals surface area contributed by atoms with Gasteiger partial charge in [0, 0.05) is 16.6 Å². The largest absolute Gasteiger partial charge is 0.481 e. The highest BCUT2D eigenvalue weighted by atomic mass is 35.5. The summed E-state index contributed by atoms with van der Waals surface area (Å²) in [5.41, 5.74) is 0.431. The van der Waals surface area contributed by atoms with Gasteiger partial charge in [-0.1, -0.05) is 31.9 Å². The van der Waals surface area contributed by atoms with Gasteiger partial charge in [0.1, 0.15) is 6.04 Å². The molecule has 0 aliphatic heterocycles. The van der Waals surface area contributed by atoms with Crippen molar-refractivity contribution in [3.63, 3.8) is 0 Å². The molecule has 1 fully saturated rings. The molecule has 2 atom stereocenters. The predicted octanol–water partition coefficient (Wildman–Crippen LogP) is 2.46. The minimum Gasteiger partial charge on any atom is -0.481 e. The minimum atomic E-state index is -0.833. The molecule has 1 aromatic carbocycles. The fourth-order valence-corrected chi connectivity index (χ4v) is 2.88. The van der Waals surface area contributed by atoms with E-state index in [9.17, 15) is 14.4 Å². The Balaban J connectivity index is 1.98. The zero-order valence-electron chi connectivity index (χ0n) is 14.3. The van der Waals surface area contributed by atoms with E-state index in [2.05, 4.69) is 10.6 Å². The minimum absolute atomic E-state index is 0.0494. The third-order valence-electron chi connectivity index (χ3n) is 4.72. The number of halogens is 1. The molecule has 0 aromatic heterocycles. The van der Waals surface area contributed by atoms with Crippen LogP contribution in [0.4, 0.5) is 0 Å². The maximum absolute atomic E-state index is 12.5. The highest BCUT2D eigenvalue weighted by molar-refractivity contribution is 6.30. The van der Waals surface area contributed by atoms with E-state index in [4.69, 9.17) is 16.7 Å². The average Bonchev–Trinajstić information content (AvgIpc) is 2.54. The Morgan fingerprint density at radius 2 is 1.84 bits per heavy atom. The summed E-state index contributed by atoms with van der Waals surface area (Å²) in [5.74, 6) is -1.89. The molecule has 1 saturated carbocycles. The molecule has 2 unspecified atom stereocenters. The molecule has 1 aliphatic carbocycles. The van der Waals surface area contributed by atoms with E-state index in [0.29, 0.717) is 23.4 Å². The van der Waals surface area contributed by atoms with Crippen molar-refractivity contribution in [2.75, 3.05) is 0 Å². The maximum Gasteiger partial charge on any atom is 0.306 e. The number of carboxylic acids is 1. The normalized spacial score (nSPS) is 21.6. The molecule has 0 bridgehead atoms. The van der Waals surface area contributed by atoms with Gasteiger partial charge in [0.25, 0.3) is 5.91 Å². The van der Waals surface area contributed by atoms with Crippen molar-refractivity contribution in [2.45, 2.75) is 45.2 Å². The third kappa shape index (κ3) is 4.95. The van der Waals surface area contributed by atoms with Crippen LogP contribution < -0.4 is 10.6 Å². The topological polar surface area (TPSA) is 95.5 Å². The van der Waals surface area contributed by atoms with Crippen molar-refractivity contribution in [3.8, 4) is 0 Å². The van der Waals surface area contributed by atoms with Gasteiger partial charge in [-0.25, -0.2) is 0 Å². The van der Waals surface area contributed by atoms with E-state index in [1.165, 1.54) is 0 Å². The van der Waals surface area contributed by atoms with Gasteiger partial charge in [-0.15, -0.1) is 0 Å². The first-order valence-corrected chi connectivity index (χ1v) is 8.79. The molecule has 1 aromatic rings. The lowest BCUT2D eigenvalue weighted by molar-refractivity contribution is -0.146. The Morgan fingerprint density at radius 1 is 1.24 bits per heavy atom. The first kappa shape index (κ1) is 19.2. The molecular formula is C18H23ClN2O4. The van der Waals surface area contributed by atoms with Crippen LogP contribution in [-0.4, -0.2) is 35.0 Å². The quantitative estimate of drug-likeness (QED) is 0.690. The first-order chi connectivity index (χ1) is 11.8. The fourth-order valence-electron chi connectivity index (χ4n) is 2.76. The molecule has 2 amide bonds. The summed E-state index contributed by atoms with van der Waals surface area (Å²) in [4.78, 5) is 35.8. The Morgan fingerprint density at radius 3 is 2.36 bits per heavy atom. The molecule has 136 valence electrons. The summed E-state index contributed by atoms with van der Waals surface area (Å²) in [5, 5.41) is 15.1. The number of hydrogen-bond acceptors (Lipinski definition) is 3. The van der Waals surface area contributed by atoms with Gasteiger partial charge in [-0.2, -0.15) is 0 Å². The van der Waals surface area contributed by atoms with E-state index in [0.717, 1.165) is 6.42 Å². The number of rotatable bonds is 7. The lowest BCUT2D eigenvalue weighted by Crippen LogP contribution is -2.55. The van der Waals surface area contributed by atoms with E-state index < -0.39 is 17.9 Å². The highest BCUT2D eigenvalue weighted by Crippen LogP contribution is 2.27. The summed E-state index contributed by atoms with van der Waals surface area (Å²) in [6.45, 7) is 3.84. The molecule has 6 nitrogen and oxygen atoms in total. The summed E-state index contributed by atoms with van der Waals surface area (Å²) < 4.78 is 0. The molecule has 25 heavy (non-hydrogen) atoms. The van der Waals surface area contributed by atoms with Crippen LogP contribution in [0.2, 0.25) is 5.02 Å². The second-order valence-electron chi connectivity index (χ2n) is 6.56. The number of hydrogen-bond donors (Lipinski definition) is 3. The van der Waals surface area contributed by atoms with Crippen molar-refractivity contribution in [1.82, 2.24) is 10.6 Å².